The van der Waals surface area contributed by atoms with Crippen molar-refractivity contribution in [2.45, 2.75) is 39.3 Å². The van der Waals surface area contributed by atoms with Crippen LogP contribution in [-0.4, -0.2) is 45.6 Å². The number of aromatic nitrogens is 3. The number of nitrogens with zero attached hydrogens (tertiary/aromatic N) is 4. The van der Waals surface area contributed by atoms with Gasteiger partial charge in [-0.15, -0.1) is 0 Å². The molecule has 0 radical (unpaired) electrons. The Morgan fingerprint density at radius 3 is 2.75 bits per heavy atom. The molecule has 0 saturated carbocycles. The lowest BCUT2D eigenvalue weighted by atomic mass is 10.1. The van der Waals surface area contributed by atoms with Crippen LogP contribution in [0.25, 0.3) is 11.0 Å². The van der Waals surface area contributed by atoms with E-state index in [-0.39, 0.29) is 11.6 Å². The quantitative estimate of drug-likeness (QED) is 0.844. The van der Waals surface area contributed by atoms with Crippen LogP contribution in [0.1, 0.15) is 38.6 Å². The SMILES string of the molecule is CCCC(c1nc2ncc(Br)cc2c(=O)n1CC)N1CCNCC1. The fourth-order valence-corrected chi connectivity index (χ4v) is 3.73. The molecule has 1 aliphatic rings. The van der Waals surface area contributed by atoms with Gasteiger partial charge in [-0.3, -0.25) is 14.3 Å². The van der Waals surface area contributed by atoms with Crippen LogP contribution in [-0.2, 0) is 6.54 Å². The van der Waals surface area contributed by atoms with E-state index in [2.05, 4.69) is 38.1 Å². The van der Waals surface area contributed by atoms with Gasteiger partial charge in [-0.2, -0.15) is 0 Å². The number of pyridine rings is 1. The van der Waals surface area contributed by atoms with Crippen molar-refractivity contribution in [2.24, 2.45) is 0 Å². The molecule has 0 bridgehead atoms. The monoisotopic (exact) mass is 393 g/mol. The minimum atomic E-state index is 0.00235. The van der Waals surface area contributed by atoms with Crippen molar-refractivity contribution >= 4 is 27.0 Å². The summed E-state index contributed by atoms with van der Waals surface area (Å²) in [7, 11) is 0. The third-order valence-electron chi connectivity index (χ3n) is 4.57. The smallest absolute Gasteiger partial charge is 0.263 e. The van der Waals surface area contributed by atoms with Gasteiger partial charge in [0.05, 0.1) is 11.4 Å². The molecule has 3 heterocycles. The predicted octanol–water partition coefficient (Wildman–Crippen LogP) is 2.32. The second-order valence-corrected chi connectivity index (χ2v) is 7.05. The molecular formula is C17H24BrN5O. The van der Waals surface area contributed by atoms with E-state index < -0.39 is 0 Å². The first kappa shape index (κ1) is 17.5. The largest absolute Gasteiger partial charge is 0.314 e. The van der Waals surface area contributed by atoms with Crippen LogP contribution in [0.15, 0.2) is 21.5 Å². The van der Waals surface area contributed by atoms with Crippen molar-refractivity contribution in [3.63, 3.8) is 0 Å². The molecule has 2 aromatic heterocycles. The van der Waals surface area contributed by atoms with Crippen molar-refractivity contribution in [3.8, 4) is 0 Å². The van der Waals surface area contributed by atoms with Gasteiger partial charge >= 0.3 is 0 Å². The van der Waals surface area contributed by atoms with Crippen molar-refractivity contribution in [3.05, 3.63) is 32.9 Å². The molecule has 0 amide bonds. The molecule has 0 spiro atoms. The Kier molecular flexibility index (Phi) is 5.63. The summed E-state index contributed by atoms with van der Waals surface area (Å²) in [5.41, 5.74) is 0.543. The summed E-state index contributed by atoms with van der Waals surface area (Å²) in [4.78, 5) is 24.6. The standard InChI is InChI=1S/C17H24BrN5O/c1-3-5-14(22-8-6-19-7-9-22)16-21-15-13(10-12(18)11-20-15)17(24)23(16)4-2/h10-11,14,19H,3-9H2,1-2H3. The summed E-state index contributed by atoms with van der Waals surface area (Å²) in [6, 6.07) is 1.98. The van der Waals surface area contributed by atoms with Gasteiger partial charge in [-0.05, 0) is 35.3 Å². The Balaban J connectivity index is 2.14. The third kappa shape index (κ3) is 3.38. The number of nitrogens with one attached hydrogen (secondary N) is 1. The van der Waals surface area contributed by atoms with Crippen LogP contribution in [0.3, 0.4) is 0 Å². The molecule has 1 saturated heterocycles. The first-order chi connectivity index (χ1) is 11.7. The van der Waals surface area contributed by atoms with Gasteiger partial charge in [-0.1, -0.05) is 13.3 Å². The Hall–Kier alpha value is -1.31. The zero-order chi connectivity index (χ0) is 17.1. The van der Waals surface area contributed by atoms with Gasteiger partial charge in [0.25, 0.3) is 5.56 Å². The summed E-state index contributed by atoms with van der Waals surface area (Å²) >= 11 is 3.39. The van der Waals surface area contributed by atoms with Gasteiger partial charge in [0, 0.05) is 43.4 Å². The van der Waals surface area contributed by atoms with Gasteiger partial charge in [0.15, 0.2) is 5.65 Å². The number of halogens is 1. The number of hydrogen-bond donors (Lipinski definition) is 1. The zero-order valence-corrected chi connectivity index (χ0v) is 15.8. The van der Waals surface area contributed by atoms with E-state index in [1.165, 1.54) is 0 Å². The predicted molar refractivity (Wildman–Crippen MR) is 99.3 cm³/mol. The minimum absolute atomic E-state index is 0.00235. The van der Waals surface area contributed by atoms with Crippen molar-refractivity contribution in [1.29, 1.82) is 0 Å². The lowest BCUT2D eigenvalue weighted by Gasteiger charge is -2.35. The molecule has 1 unspecified atom stereocenters. The van der Waals surface area contributed by atoms with Crippen LogP contribution in [0.5, 0.6) is 0 Å². The first-order valence-electron chi connectivity index (χ1n) is 8.66. The average molecular weight is 394 g/mol. The Labute approximate surface area is 150 Å². The van der Waals surface area contributed by atoms with Crippen LogP contribution in [0, 0.1) is 0 Å². The summed E-state index contributed by atoms with van der Waals surface area (Å²) in [5.74, 6) is 0.855. The highest BCUT2D eigenvalue weighted by Gasteiger charge is 2.26. The molecule has 2 aromatic rings. The summed E-state index contributed by atoms with van der Waals surface area (Å²) in [5, 5.41) is 3.97. The summed E-state index contributed by atoms with van der Waals surface area (Å²) in [6.45, 7) is 8.73. The normalized spacial score (nSPS) is 17.3. The fraction of sp³-hybridized carbons (Fsp3) is 0.588. The lowest BCUT2D eigenvalue weighted by molar-refractivity contribution is 0.154. The molecular weight excluding hydrogens is 370 g/mol. The molecule has 1 aliphatic heterocycles. The molecule has 1 atom stereocenters. The molecule has 3 rings (SSSR count). The number of fused-ring (bicyclic) bond motifs is 1. The topological polar surface area (TPSA) is 63.1 Å². The second kappa shape index (κ2) is 7.72. The Morgan fingerprint density at radius 2 is 2.08 bits per heavy atom. The van der Waals surface area contributed by atoms with Crippen LogP contribution in [0.4, 0.5) is 0 Å². The van der Waals surface area contributed by atoms with Crippen molar-refractivity contribution < 1.29 is 0 Å². The van der Waals surface area contributed by atoms with Gasteiger partial charge in [0.1, 0.15) is 5.82 Å². The van der Waals surface area contributed by atoms with E-state index in [0.717, 1.165) is 49.3 Å². The highest BCUT2D eigenvalue weighted by Crippen LogP contribution is 2.25. The number of hydrogen-bond acceptors (Lipinski definition) is 5. The van der Waals surface area contributed by atoms with Gasteiger partial charge in [-0.25, -0.2) is 9.97 Å². The zero-order valence-electron chi connectivity index (χ0n) is 14.3. The Morgan fingerprint density at radius 1 is 1.33 bits per heavy atom. The molecule has 24 heavy (non-hydrogen) atoms. The molecule has 130 valence electrons. The van der Waals surface area contributed by atoms with Crippen molar-refractivity contribution in [2.75, 3.05) is 26.2 Å². The maximum Gasteiger partial charge on any atom is 0.263 e. The summed E-state index contributed by atoms with van der Waals surface area (Å²) in [6.07, 6.45) is 3.75. The van der Waals surface area contributed by atoms with E-state index in [0.29, 0.717) is 17.6 Å². The van der Waals surface area contributed by atoms with Crippen LogP contribution < -0.4 is 10.9 Å². The van der Waals surface area contributed by atoms with E-state index in [4.69, 9.17) is 4.98 Å². The highest BCUT2D eigenvalue weighted by atomic mass is 79.9. The van der Waals surface area contributed by atoms with Crippen LogP contribution >= 0.6 is 15.9 Å². The highest BCUT2D eigenvalue weighted by molar-refractivity contribution is 9.10. The maximum absolute atomic E-state index is 13.0. The second-order valence-electron chi connectivity index (χ2n) is 6.13. The average Bonchev–Trinajstić information content (AvgIpc) is 2.61. The molecule has 0 aromatic carbocycles. The molecule has 1 fully saturated rings. The lowest BCUT2D eigenvalue weighted by Crippen LogP contribution is -2.46. The minimum Gasteiger partial charge on any atom is -0.314 e. The third-order valence-corrected chi connectivity index (χ3v) is 5.01. The van der Waals surface area contributed by atoms with Crippen LogP contribution in [0.2, 0.25) is 0 Å². The molecule has 1 N–H and O–H groups in total. The molecule has 0 aliphatic carbocycles. The molecule has 6 nitrogen and oxygen atoms in total. The summed E-state index contributed by atoms with van der Waals surface area (Å²) < 4.78 is 2.62. The van der Waals surface area contributed by atoms with Gasteiger partial charge < -0.3 is 5.32 Å². The van der Waals surface area contributed by atoms with E-state index in [9.17, 15) is 4.79 Å². The van der Waals surface area contributed by atoms with Gasteiger partial charge in [0.2, 0.25) is 0 Å². The van der Waals surface area contributed by atoms with E-state index >= 15 is 0 Å². The maximum atomic E-state index is 13.0. The molecule has 7 heteroatoms. The van der Waals surface area contributed by atoms with Crippen molar-refractivity contribution in [1.82, 2.24) is 24.8 Å². The fourth-order valence-electron chi connectivity index (χ4n) is 3.40. The number of piperazine rings is 1. The van der Waals surface area contributed by atoms with E-state index in [1.807, 2.05) is 17.6 Å². The van der Waals surface area contributed by atoms with E-state index in [1.54, 1.807) is 6.20 Å². The Bertz CT molecular complexity index is 769. The number of rotatable bonds is 5. The first-order valence-corrected chi connectivity index (χ1v) is 9.45.